The Morgan fingerprint density at radius 1 is 1.38 bits per heavy atom. The molecule has 0 saturated heterocycles. The van der Waals surface area contributed by atoms with Crippen LogP contribution in [-0.2, 0) is 0 Å². The van der Waals surface area contributed by atoms with Crippen LogP contribution in [0.1, 0.15) is 0 Å². The van der Waals surface area contributed by atoms with Gasteiger partial charge >= 0.3 is 23.1 Å². The molecule has 0 radical (unpaired) electrons. The number of nitrogens with zero attached hydrogens (tertiary/aromatic N) is 1. The Bertz CT molecular complexity index is 142. The third-order valence-electron chi connectivity index (χ3n) is 0.629. The molecule has 0 aliphatic rings. The van der Waals surface area contributed by atoms with Gasteiger partial charge in [-0.25, -0.2) is 4.98 Å². The molecule has 0 spiro atoms. The first kappa shape index (κ1) is 8.21. The van der Waals surface area contributed by atoms with Crippen LogP contribution in [0.3, 0.4) is 0 Å². The average Bonchev–Trinajstić information content (AvgIpc) is 1.69. The summed E-state index contributed by atoms with van der Waals surface area (Å²) in [5.74, 6) is 0. The van der Waals surface area contributed by atoms with Crippen LogP contribution < -0.4 is 0 Å². The minimum atomic E-state index is 0. The molecule has 0 aromatic carbocycles. The van der Waals surface area contributed by atoms with E-state index < -0.39 is 0 Å². The highest BCUT2D eigenvalue weighted by Gasteiger charge is 1.76. The van der Waals surface area contributed by atoms with Gasteiger partial charge in [0.15, 0.2) is 0 Å². The molecule has 1 aromatic rings. The number of rotatable bonds is 0. The molecule has 0 amide bonds. The van der Waals surface area contributed by atoms with Crippen molar-refractivity contribution in [2.75, 3.05) is 0 Å². The first-order chi connectivity index (χ1) is 3.39. The maximum atomic E-state index is 5.43. The van der Waals surface area contributed by atoms with Crippen LogP contribution in [-0.4, -0.2) is 28.0 Å². The van der Waals surface area contributed by atoms with Crippen molar-refractivity contribution in [2.24, 2.45) is 0 Å². The molecule has 1 aromatic heterocycles. The van der Waals surface area contributed by atoms with Gasteiger partial charge in [0.1, 0.15) is 5.15 Å². The van der Waals surface area contributed by atoms with Gasteiger partial charge in [-0.05, 0) is 12.1 Å². The quantitative estimate of drug-likeness (QED) is 0.383. The summed E-state index contributed by atoms with van der Waals surface area (Å²) >= 11 is 5.43. The van der Waals surface area contributed by atoms with Crippen LogP contribution in [0.5, 0.6) is 0 Å². The van der Waals surface area contributed by atoms with E-state index in [4.69, 9.17) is 11.6 Å². The van der Waals surface area contributed by atoms with Crippen LogP contribution in [0.2, 0.25) is 5.15 Å². The highest BCUT2D eigenvalue weighted by molar-refractivity contribution is 6.29. The minimum Gasteiger partial charge on any atom is -0.245 e. The Morgan fingerprint density at radius 3 is 2.38 bits per heavy atom. The van der Waals surface area contributed by atoms with Gasteiger partial charge in [-0.15, -0.1) is 0 Å². The van der Waals surface area contributed by atoms with E-state index in [1.807, 2.05) is 12.1 Å². The lowest BCUT2D eigenvalue weighted by molar-refractivity contribution is 1.33. The normalized spacial score (nSPS) is 7.62. The highest BCUT2D eigenvalue weighted by Crippen LogP contribution is 1.98. The SMILES string of the molecule is Clc1ccccn1.[MgH2]. The summed E-state index contributed by atoms with van der Waals surface area (Å²) < 4.78 is 0. The zero-order valence-electron chi connectivity index (χ0n) is 3.63. The van der Waals surface area contributed by atoms with Crippen molar-refractivity contribution >= 4 is 34.7 Å². The second-order valence-electron chi connectivity index (χ2n) is 1.15. The monoisotopic (exact) mass is 139 g/mol. The van der Waals surface area contributed by atoms with E-state index >= 15 is 0 Å². The summed E-state index contributed by atoms with van der Waals surface area (Å²) in [6.07, 6.45) is 1.66. The molecule has 0 saturated carbocycles. The molecule has 1 rings (SSSR count). The van der Waals surface area contributed by atoms with Crippen molar-refractivity contribution in [1.82, 2.24) is 4.98 Å². The van der Waals surface area contributed by atoms with E-state index in [-0.39, 0.29) is 23.1 Å². The Labute approximate surface area is 69.2 Å². The highest BCUT2D eigenvalue weighted by atomic mass is 35.5. The molecular formula is C5H6ClMgN. The van der Waals surface area contributed by atoms with Crippen molar-refractivity contribution in [3.05, 3.63) is 29.5 Å². The van der Waals surface area contributed by atoms with Crippen molar-refractivity contribution in [3.8, 4) is 0 Å². The van der Waals surface area contributed by atoms with E-state index in [1.54, 1.807) is 12.3 Å². The van der Waals surface area contributed by atoms with E-state index in [0.29, 0.717) is 5.15 Å². The van der Waals surface area contributed by atoms with Crippen LogP contribution >= 0.6 is 11.6 Å². The maximum absolute atomic E-state index is 5.43. The number of hydrogen-bond acceptors (Lipinski definition) is 1. The molecule has 0 fully saturated rings. The lowest BCUT2D eigenvalue weighted by Gasteiger charge is -1.79. The molecule has 40 valence electrons. The van der Waals surface area contributed by atoms with Crippen molar-refractivity contribution in [3.63, 3.8) is 0 Å². The number of hydrogen-bond donors (Lipinski definition) is 0. The predicted octanol–water partition coefficient (Wildman–Crippen LogP) is 0.819. The molecule has 1 nitrogen and oxygen atoms in total. The molecule has 0 aliphatic carbocycles. The maximum Gasteiger partial charge on any atom is 0.316 e. The fraction of sp³-hybridized carbons (Fsp3) is 0. The number of pyridine rings is 1. The van der Waals surface area contributed by atoms with E-state index in [2.05, 4.69) is 4.98 Å². The zero-order chi connectivity index (χ0) is 5.11. The van der Waals surface area contributed by atoms with Gasteiger partial charge in [0.25, 0.3) is 0 Å². The van der Waals surface area contributed by atoms with Crippen LogP contribution in [0.4, 0.5) is 0 Å². The van der Waals surface area contributed by atoms with Gasteiger partial charge < -0.3 is 0 Å². The predicted molar refractivity (Wildman–Crippen MR) is 37.8 cm³/mol. The molecule has 0 N–H and O–H groups in total. The Morgan fingerprint density at radius 2 is 2.12 bits per heavy atom. The van der Waals surface area contributed by atoms with E-state index in [1.165, 1.54) is 0 Å². The molecule has 0 aliphatic heterocycles. The lowest BCUT2D eigenvalue weighted by Crippen LogP contribution is -1.65. The summed E-state index contributed by atoms with van der Waals surface area (Å²) in [7, 11) is 0. The standard InChI is InChI=1S/C5H4ClN.Mg.2H/c6-5-3-1-2-4-7-5;;;/h1-4H;;;. The Hall–Kier alpha value is 0.206. The van der Waals surface area contributed by atoms with Crippen molar-refractivity contribution in [1.29, 1.82) is 0 Å². The topological polar surface area (TPSA) is 12.9 Å². The fourth-order valence-corrected chi connectivity index (χ4v) is 0.471. The smallest absolute Gasteiger partial charge is 0.245 e. The Balaban J connectivity index is 0.000000490. The first-order valence-electron chi connectivity index (χ1n) is 1.96. The molecule has 1 heterocycles. The van der Waals surface area contributed by atoms with Gasteiger partial charge in [0.05, 0.1) is 0 Å². The minimum absolute atomic E-state index is 0. The molecule has 0 bridgehead atoms. The third kappa shape index (κ3) is 2.50. The van der Waals surface area contributed by atoms with Crippen LogP contribution in [0.25, 0.3) is 0 Å². The number of aromatic nitrogens is 1. The molecule has 3 heteroatoms. The molecule has 0 unspecified atom stereocenters. The van der Waals surface area contributed by atoms with Crippen molar-refractivity contribution in [2.45, 2.75) is 0 Å². The van der Waals surface area contributed by atoms with Gasteiger partial charge in [-0.1, -0.05) is 17.7 Å². The number of halogens is 1. The van der Waals surface area contributed by atoms with Crippen molar-refractivity contribution < 1.29 is 0 Å². The largest absolute Gasteiger partial charge is 0.316 e. The molecule has 8 heavy (non-hydrogen) atoms. The lowest BCUT2D eigenvalue weighted by atomic mass is 10.5. The third-order valence-corrected chi connectivity index (χ3v) is 0.852. The molecule has 0 atom stereocenters. The van der Waals surface area contributed by atoms with Gasteiger partial charge in [0.2, 0.25) is 0 Å². The second kappa shape index (κ2) is 4.12. The summed E-state index contributed by atoms with van der Waals surface area (Å²) in [6, 6.07) is 5.41. The summed E-state index contributed by atoms with van der Waals surface area (Å²) in [5, 5.41) is 0.544. The van der Waals surface area contributed by atoms with Gasteiger partial charge in [-0.3, -0.25) is 0 Å². The van der Waals surface area contributed by atoms with E-state index in [0.717, 1.165) is 0 Å². The van der Waals surface area contributed by atoms with Crippen LogP contribution in [0.15, 0.2) is 24.4 Å². The second-order valence-corrected chi connectivity index (χ2v) is 1.54. The van der Waals surface area contributed by atoms with Gasteiger partial charge in [-0.2, -0.15) is 0 Å². The summed E-state index contributed by atoms with van der Waals surface area (Å²) in [5.41, 5.74) is 0. The van der Waals surface area contributed by atoms with Crippen LogP contribution in [0, 0.1) is 0 Å². The molecular weight excluding hydrogens is 134 g/mol. The fourth-order valence-electron chi connectivity index (χ4n) is 0.342. The average molecular weight is 140 g/mol. The Kier molecular flexibility index (Phi) is 4.23. The zero-order valence-corrected chi connectivity index (χ0v) is 4.39. The first-order valence-corrected chi connectivity index (χ1v) is 2.34. The summed E-state index contributed by atoms with van der Waals surface area (Å²) in [4.78, 5) is 3.74. The summed E-state index contributed by atoms with van der Waals surface area (Å²) in [6.45, 7) is 0. The van der Waals surface area contributed by atoms with Gasteiger partial charge in [0, 0.05) is 6.20 Å². The van der Waals surface area contributed by atoms with E-state index in [9.17, 15) is 0 Å².